The first-order valence-electron chi connectivity index (χ1n) is 10.1. The Balaban J connectivity index is 1.34. The predicted octanol–water partition coefficient (Wildman–Crippen LogP) is 3.97. The minimum Gasteiger partial charge on any atom is -0.593 e. The van der Waals surface area contributed by atoms with E-state index in [1.165, 1.54) is 18.2 Å². The molecule has 3 aromatic rings. The van der Waals surface area contributed by atoms with Crippen molar-refractivity contribution >= 4 is 11.4 Å². The van der Waals surface area contributed by atoms with Gasteiger partial charge < -0.3 is 9.29 Å². The number of halogens is 3. The van der Waals surface area contributed by atoms with Crippen molar-refractivity contribution in [2.75, 3.05) is 13.1 Å². The molecular formula is C22H23F3N4O2S. The van der Waals surface area contributed by atoms with Crippen molar-refractivity contribution in [2.24, 2.45) is 0 Å². The molecule has 1 aliphatic rings. The van der Waals surface area contributed by atoms with Crippen LogP contribution in [0.15, 0.2) is 65.7 Å². The fourth-order valence-electron chi connectivity index (χ4n) is 3.75. The summed E-state index contributed by atoms with van der Waals surface area (Å²) in [5.41, 5.74) is 3.19. The molecule has 6 nitrogen and oxygen atoms in total. The monoisotopic (exact) mass is 464 g/mol. The Kier molecular flexibility index (Phi) is 6.75. The van der Waals surface area contributed by atoms with E-state index in [9.17, 15) is 17.7 Å². The lowest BCUT2D eigenvalue weighted by Gasteiger charge is -2.18. The van der Waals surface area contributed by atoms with Gasteiger partial charge in [-0.2, -0.15) is 5.10 Å². The number of alkyl halides is 3. The first-order valence-corrected chi connectivity index (χ1v) is 11.3. The number of aromatic nitrogens is 2. The third kappa shape index (κ3) is 5.63. The topological polar surface area (TPSA) is 65.4 Å². The second kappa shape index (κ2) is 9.53. The van der Waals surface area contributed by atoms with Crippen LogP contribution >= 0.6 is 0 Å². The summed E-state index contributed by atoms with van der Waals surface area (Å²) in [6.07, 6.45) is -2.13. The van der Waals surface area contributed by atoms with E-state index in [1.54, 1.807) is 0 Å². The molecule has 1 fully saturated rings. The smallest absolute Gasteiger partial charge is 0.573 e. The predicted molar refractivity (Wildman–Crippen MR) is 115 cm³/mol. The molecule has 4 rings (SSSR count). The van der Waals surface area contributed by atoms with Gasteiger partial charge in [0, 0.05) is 37.0 Å². The molecule has 2 aromatic carbocycles. The summed E-state index contributed by atoms with van der Waals surface area (Å²) in [5.74, 6) is -0.385. The second-order valence-electron chi connectivity index (χ2n) is 7.63. The fraction of sp³-hybridized carbons (Fsp3) is 0.318. The van der Waals surface area contributed by atoms with Crippen molar-refractivity contribution in [1.82, 2.24) is 19.4 Å². The summed E-state index contributed by atoms with van der Waals surface area (Å²) in [4.78, 5) is 2.49. The molecular weight excluding hydrogens is 441 g/mol. The molecule has 32 heavy (non-hydrogen) atoms. The number of ether oxygens (including phenoxy) is 1. The number of nitrogens with zero attached hydrogens (tertiary/aromatic N) is 3. The van der Waals surface area contributed by atoms with Gasteiger partial charge >= 0.3 is 6.36 Å². The van der Waals surface area contributed by atoms with Crippen LogP contribution in [0.25, 0.3) is 5.69 Å². The summed E-state index contributed by atoms with van der Waals surface area (Å²) < 4.78 is 58.7. The third-order valence-electron chi connectivity index (χ3n) is 5.31. The van der Waals surface area contributed by atoms with Gasteiger partial charge in [-0.15, -0.1) is 17.9 Å². The van der Waals surface area contributed by atoms with Gasteiger partial charge in [-0.05, 0) is 37.6 Å². The van der Waals surface area contributed by atoms with Crippen molar-refractivity contribution < 1.29 is 22.5 Å². The Hall–Kier alpha value is -2.53. The molecule has 170 valence electrons. The van der Waals surface area contributed by atoms with Crippen molar-refractivity contribution in [3.63, 3.8) is 0 Å². The summed E-state index contributed by atoms with van der Waals surface area (Å²) in [7, 11) is 0. The van der Waals surface area contributed by atoms with E-state index in [4.69, 9.17) is 0 Å². The molecule has 1 aliphatic heterocycles. The Morgan fingerprint density at radius 3 is 2.72 bits per heavy atom. The molecule has 0 radical (unpaired) electrons. The molecule has 0 saturated carbocycles. The highest BCUT2D eigenvalue weighted by atomic mass is 32.2. The van der Waals surface area contributed by atoms with E-state index in [0.717, 1.165) is 42.5 Å². The summed E-state index contributed by atoms with van der Waals surface area (Å²) >= 11 is -1.64. The Morgan fingerprint density at radius 2 is 1.97 bits per heavy atom. The average Bonchev–Trinajstić information content (AvgIpc) is 3.34. The number of nitrogens with one attached hydrogen (secondary N) is 1. The largest absolute Gasteiger partial charge is 0.593 e. The molecule has 2 heterocycles. The van der Waals surface area contributed by atoms with Gasteiger partial charge in [0.05, 0.1) is 29.3 Å². The standard InChI is InChI=1S/C22H23F3N4O2S/c1-16-17(13-26-29(16)19-6-3-2-4-7-19)14-28-11-10-18(15-28)27-32(30)21-9-5-8-20(12-21)31-22(23,24)25/h2-9,12-13,18,27H,10-11,14-15H2,1H3/t18-,32?/m1/s1. The number of benzene rings is 2. The zero-order valence-corrected chi connectivity index (χ0v) is 18.2. The zero-order chi connectivity index (χ0) is 22.7. The molecule has 1 N–H and O–H groups in total. The minimum absolute atomic E-state index is 0.0347. The lowest BCUT2D eigenvalue weighted by molar-refractivity contribution is -0.274. The van der Waals surface area contributed by atoms with Gasteiger partial charge in [0.1, 0.15) is 5.75 Å². The number of likely N-dealkylation sites (tertiary alicyclic amines) is 1. The maximum atomic E-state index is 12.6. The molecule has 0 amide bonds. The normalized spacial score (nSPS) is 18.1. The molecule has 1 unspecified atom stereocenters. The summed E-state index contributed by atoms with van der Waals surface area (Å²) in [5, 5.41) is 4.50. The Morgan fingerprint density at radius 1 is 1.19 bits per heavy atom. The number of para-hydroxylation sites is 1. The van der Waals surface area contributed by atoms with Crippen LogP contribution < -0.4 is 9.46 Å². The fourth-order valence-corrected chi connectivity index (χ4v) is 4.80. The number of hydrogen-bond acceptors (Lipinski definition) is 5. The highest BCUT2D eigenvalue weighted by Crippen LogP contribution is 2.25. The van der Waals surface area contributed by atoms with E-state index in [0.29, 0.717) is 6.54 Å². The van der Waals surface area contributed by atoms with Crippen LogP contribution in [0.3, 0.4) is 0 Å². The lowest BCUT2D eigenvalue weighted by atomic mass is 10.2. The van der Waals surface area contributed by atoms with Gasteiger partial charge in [-0.3, -0.25) is 4.90 Å². The molecule has 1 aromatic heterocycles. The Labute approximate surface area is 187 Å². The van der Waals surface area contributed by atoms with E-state index in [2.05, 4.69) is 19.5 Å². The zero-order valence-electron chi connectivity index (χ0n) is 17.4. The SMILES string of the molecule is Cc1c(CN2CC[C@@H](N[S+]([O-])c3cccc(OC(F)(F)F)c3)C2)cnn1-c1ccccc1. The Bertz CT molecular complexity index is 1050. The molecule has 2 atom stereocenters. The second-order valence-corrected chi connectivity index (χ2v) is 8.88. The first-order chi connectivity index (χ1) is 15.3. The maximum absolute atomic E-state index is 12.6. The summed E-state index contributed by atoms with van der Waals surface area (Å²) in [6.45, 7) is 4.26. The van der Waals surface area contributed by atoms with E-state index < -0.39 is 17.7 Å². The quantitative estimate of drug-likeness (QED) is 0.536. The van der Waals surface area contributed by atoms with Gasteiger partial charge in [-0.1, -0.05) is 24.3 Å². The lowest BCUT2D eigenvalue weighted by Crippen LogP contribution is -2.37. The van der Waals surface area contributed by atoms with Crippen molar-refractivity contribution in [1.29, 1.82) is 0 Å². The number of rotatable bonds is 7. The first kappa shape index (κ1) is 22.7. The number of hydrogen-bond donors (Lipinski definition) is 1. The van der Waals surface area contributed by atoms with E-state index in [-0.39, 0.29) is 16.7 Å². The van der Waals surface area contributed by atoms with Gasteiger partial charge in [-0.25, -0.2) is 4.68 Å². The third-order valence-corrected chi connectivity index (χ3v) is 6.53. The van der Waals surface area contributed by atoms with E-state index >= 15 is 0 Å². The average molecular weight is 465 g/mol. The van der Waals surface area contributed by atoms with E-state index in [1.807, 2.05) is 48.1 Å². The molecule has 0 bridgehead atoms. The van der Waals surface area contributed by atoms with Crippen LogP contribution in [0.2, 0.25) is 0 Å². The molecule has 1 saturated heterocycles. The van der Waals surface area contributed by atoms with Gasteiger partial charge in [0.2, 0.25) is 0 Å². The highest BCUT2D eigenvalue weighted by Gasteiger charge is 2.32. The molecule has 0 aliphatic carbocycles. The maximum Gasteiger partial charge on any atom is 0.573 e. The van der Waals surface area contributed by atoms with Crippen LogP contribution in [-0.4, -0.2) is 44.7 Å². The van der Waals surface area contributed by atoms with Crippen molar-refractivity contribution in [3.05, 3.63) is 72.1 Å². The van der Waals surface area contributed by atoms with Gasteiger partial charge in [0.25, 0.3) is 0 Å². The van der Waals surface area contributed by atoms with Crippen LogP contribution in [0.1, 0.15) is 17.7 Å². The van der Waals surface area contributed by atoms with Crippen LogP contribution in [0.4, 0.5) is 13.2 Å². The van der Waals surface area contributed by atoms with Crippen LogP contribution in [0, 0.1) is 6.92 Å². The summed E-state index contributed by atoms with van der Waals surface area (Å²) in [6, 6.07) is 15.1. The minimum atomic E-state index is -4.79. The van der Waals surface area contributed by atoms with Crippen LogP contribution in [-0.2, 0) is 17.9 Å². The van der Waals surface area contributed by atoms with Crippen molar-refractivity contribution in [2.45, 2.75) is 37.2 Å². The van der Waals surface area contributed by atoms with Crippen molar-refractivity contribution in [3.8, 4) is 11.4 Å². The van der Waals surface area contributed by atoms with Gasteiger partial charge in [0.15, 0.2) is 4.90 Å². The molecule has 0 spiro atoms. The van der Waals surface area contributed by atoms with Crippen LogP contribution in [0.5, 0.6) is 5.75 Å². The molecule has 10 heteroatoms. The highest BCUT2D eigenvalue weighted by molar-refractivity contribution is 7.89.